The Morgan fingerprint density at radius 1 is 1.17 bits per heavy atom. The number of nitrogens with one attached hydrogen (secondary N) is 2. The predicted octanol–water partition coefficient (Wildman–Crippen LogP) is 2.55. The van der Waals surface area contributed by atoms with E-state index in [1.165, 1.54) is 0 Å². The maximum atomic E-state index is 12.2. The van der Waals surface area contributed by atoms with Crippen molar-refractivity contribution in [1.29, 1.82) is 0 Å². The van der Waals surface area contributed by atoms with Crippen molar-refractivity contribution in [2.45, 2.75) is 6.42 Å². The van der Waals surface area contributed by atoms with Crippen molar-refractivity contribution in [3.63, 3.8) is 0 Å². The van der Waals surface area contributed by atoms with Crippen LogP contribution in [0.4, 0.5) is 0 Å². The lowest BCUT2D eigenvalue weighted by Gasteiger charge is -2.10. The number of carbonyl (C=O) groups is 1. The van der Waals surface area contributed by atoms with Gasteiger partial charge in [0.2, 0.25) is 0 Å². The van der Waals surface area contributed by atoms with E-state index in [0.29, 0.717) is 30.2 Å². The number of pyridine rings is 1. The first-order valence-electron chi connectivity index (χ1n) is 7.64. The molecule has 124 valence electrons. The summed E-state index contributed by atoms with van der Waals surface area (Å²) in [5, 5.41) is 2.90. The zero-order chi connectivity index (χ0) is 16.9. The molecule has 0 bridgehead atoms. The van der Waals surface area contributed by atoms with E-state index in [1.54, 1.807) is 26.5 Å². The Bertz CT molecular complexity index is 825. The van der Waals surface area contributed by atoms with Crippen molar-refractivity contribution in [2.24, 2.45) is 0 Å². The van der Waals surface area contributed by atoms with Crippen LogP contribution < -0.4 is 14.8 Å². The van der Waals surface area contributed by atoms with Gasteiger partial charge in [-0.15, -0.1) is 0 Å². The molecule has 6 nitrogen and oxygen atoms in total. The van der Waals surface area contributed by atoms with Gasteiger partial charge in [-0.25, -0.2) is 0 Å². The van der Waals surface area contributed by atoms with Gasteiger partial charge >= 0.3 is 0 Å². The van der Waals surface area contributed by atoms with Crippen molar-refractivity contribution >= 4 is 16.9 Å². The van der Waals surface area contributed by atoms with Crippen molar-refractivity contribution in [2.75, 3.05) is 20.8 Å². The summed E-state index contributed by atoms with van der Waals surface area (Å²) in [7, 11) is 3.21. The number of aromatic nitrogens is 2. The fourth-order valence-corrected chi connectivity index (χ4v) is 2.53. The predicted molar refractivity (Wildman–Crippen MR) is 91.7 cm³/mol. The Morgan fingerprint density at radius 2 is 2.00 bits per heavy atom. The number of methoxy groups -OCH3 is 2. The summed E-state index contributed by atoms with van der Waals surface area (Å²) in [6.45, 7) is 0.525. The minimum absolute atomic E-state index is 0.145. The fourth-order valence-electron chi connectivity index (χ4n) is 2.53. The molecule has 0 saturated carbocycles. The summed E-state index contributed by atoms with van der Waals surface area (Å²) in [6.07, 6.45) is 2.40. The molecule has 1 amide bonds. The third-order valence-electron chi connectivity index (χ3n) is 3.78. The molecule has 2 heterocycles. The fraction of sp³-hybridized carbons (Fsp3) is 0.222. The quantitative estimate of drug-likeness (QED) is 0.730. The van der Waals surface area contributed by atoms with Gasteiger partial charge < -0.3 is 19.8 Å². The number of H-pyrrole nitrogens is 1. The standard InChI is InChI=1S/C18H19N3O3/c1-23-16-6-5-12(10-17(16)24-2)7-9-20-18(22)15-11-14-13(21-15)4-3-8-19-14/h3-6,8,10-11,21H,7,9H2,1-2H3,(H,20,22). The molecule has 6 heteroatoms. The second-order valence-electron chi connectivity index (χ2n) is 5.31. The summed E-state index contributed by atoms with van der Waals surface area (Å²) < 4.78 is 10.5. The molecule has 0 fully saturated rings. The van der Waals surface area contributed by atoms with Gasteiger partial charge in [0.05, 0.1) is 25.3 Å². The minimum atomic E-state index is -0.145. The Morgan fingerprint density at radius 3 is 2.75 bits per heavy atom. The van der Waals surface area contributed by atoms with E-state index in [1.807, 2.05) is 30.3 Å². The van der Waals surface area contributed by atoms with E-state index in [2.05, 4.69) is 15.3 Å². The molecule has 0 aliphatic rings. The summed E-state index contributed by atoms with van der Waals surface area (Å²) in [4.78, 5) is 19.5. The van der Waals surface area contributed by atoms with Gasteiger partial charge in [-0.05, 0) is 42.3 Å². The number of fused-ring (bicyclic) bond motifs is 1. The van der Waals surface area contributed by atoms with Gasteiger partial charge in [0.25, 0.3) is 5.91 Å². The van der Waals surface area contributed by atoms with E-state index >= 15 is 0 Å². The van der Waals surface area contributed by atoms with Crippen LogP contribution in [0.15, 0.2) is 42.6 Å². The highest BCUT2D eigenvalue weighted by Gasteiger charge is 2.10. The molecule has 0 unspecified atom stereocenters. The Balaban J connectivity index is 1.60. The maximum absolute atomic E-state index is 12.2. The summed E-state index contributed by atoms with van der Waals surface area (Å²) in [5.74, 6) is 1.23. The smallest absolute Gasteiger partial charge is 0.267 e. The largest absolute Gasteiger partial charge is 0.493 e. The molecule has 0 saturated heterocycles. The van der Waals surface area contributed by atoms with E-state index in [4.69, 9.17) is 9.47 Å². The van der Waals surface area contributed by atoms with Crippen LogP contribution in [0, 0.1) is 0 Å². The second-order valence-corrected chi connectivity index (χ2v) is 5.31. The number of hydrogen-bond acceptors (Lipinski definition) is 4. The molecular formula is C18H19N3O3. The van der Waals surface area contributed by atoms with Gasteiger partial charge in [0.1, 0.15) is 5.69 Å². The number of hydrogen-bond donors (Lipinski definition) is 2. The Kier molecular flexibility index (Phi) is 4.65. The van der Waals surface area contributed by atoms with Gasteiger partial charge in [0.15, 0.2) is 11.5 Å². The number of rotatable bonds is 6. The molecule has 24 heavy (non-hydrogen) atoms. The van der Waals surface area contributed by atoms with E-state index in [9.17, 15) is 4.79 Å². The van der Waals surface area contributed by atoms with Gasteiger partial charge in [-0.1, -0.05) is 6.07 Å². The zero-order valence-corrected chi connectivity index (χ0v) is 13.6. The molecular weight excluding hydrogens is 306 g/mol. The molecule has 3 aromatic rings. The van der Waals surface area contributed by atoms with Crippen LogP contribution in [0.2, 0.25) is 0 Å². The third kappa shape index (κ3) is 3.32. The van der Waals surface area contributed by atoms with Crippen LogP contribution in [0.3, 0.4) is 0 Å². The Hall–Kier alpha value is -3.02. The average molecular weight is 325 g/mol. The lowest BCUT2D eigenvalue weighted by atomic mass is 10.1. The number of ether oxygens (including phenoxy) is 2. The first-order chi connectivity index (χ1) is 11.7. The topological polar surface area (TPSA) is 76.2 Å². The van der Waals surface area contributed by atoms with E-state index < -0.39 is 0 Å². The molecule has 2 N–H and O–H groups in total. The zero-order valence-electron chi connectivity index (χ0n) is 13.6. The third-order valence-corrected chi connectivity index (χ3v) is 3.78. The first-order valence-corrected chi connectivity index (χ1v) is 7.64. The van der Waals surface area contributed by atoms with Crippen LogP contribution >= 0.6 is 0 Å². The van der Waals surface area contributed by atoms with Crippen LogP contribution in [0.25, 0.3) is 11.0 Å². The molecule has 0 aliphatic carbocycles. The van der Waals surface area contributed by atoms with E-state index in [0.717, 1.165) is 16.6 Å². The number of amides is 1. The highest BCUT2D eigenvalue weighted by atomic mass is 16.5. The van der Waals surface area contributed by atoms with E-state index in [-0.39, 0.29) is 5.91 Å². The van der Waals surface area contributed by atoms with Gasteiger partial charge in [0, 0.05) is 12.7 Å². The minimum Gasteiger partial charge on any atom is -0.493 e. The van der Waals surface area contributed by atoms with Crippen molar-refractivity contribution in [1.82, 2.24) is 15.3 Å². The number of nitrogens with zero attached hydrogens (tertiary/aromatic N) is 1. The number of carbonyl (C=O) groups excluding carboxylic acids is 1. The lowest BCUT2D eigenvalue weighted by Crippen LogP contribution is -2.25. The van der Waals surface area contributed by atoms with Crippen molar-refractivity contribution in [3.05, 3.63) is 53.9 Å². The second kappa shape index (κ2) is 7.04. The van der Waals surface area contributed by atoms with Crippen molar-refractivity contribution in [3.8, 4) is 11.5 Å². The highest BCUT2D eigenvalue weighted by molar-refractivity contribution is 5.97. The summed E-state index contributed by atoms with van der Waals surface area (Å²) in [5.41, 5.74) is 3.20. The monoisotopic (exact) mass is 325 g/mol. The summed E-state index contributed by atoms with van der Waals surface area (Å²) >= 11 is 0. The highest BCUT2D eigenvalue weighted by Crippen LogP contribution is 2.27. The maximum Gasteiger partial charge on any atom is 0.267 e. The van der Waals surface area contributed by atoms with Gasteiger partial charge in [-0.3, -0.25) is 9.78 Å². The molecule has 3 rings (SSSR count). The molecule has 0 aliphatic heterocycles. The molecule has 2 aromatic heterocycles. The molecule has 0 atom stereocenters. The van der Waals surface area contributed by atoms with Gasteiger partial charge in [-0.2, -0.15) is 0 Å². The summed E-state index contributed by atoms with van der Waals surface area (Å²) in [6, 6.07) is 11.2. The number of aromatic amines is 1. The van der Waals surface area contributed by atoms with Crippen LogP contribution in [-0.4, -0.2) is 36.6 Å². The first kappa shape index (κ1) is 15.9. The molecule has 1 aromatic carbocycles. The lowest BCUT2D eigenvalue weighted by molar-refractivity contribution is 0.0950. The molecule has 0 spiro atoms. The van der Waals surface area contributed by atoms with Crippen LogP contribution in [0.1, 0.15) is 16.1 Å². The average Bonchev–Trinajstić information content (AvgIpc) is 3.05. The van der Waals surface area contributed by atoms with Crippen molar-refractivity contribution < 1.29 is 14.3 Å². The SMILES string of the molecule is COc1ccc(CCNC(=O)c2cc3ncccc3[nH]2)cc1OC. The normalized spacial score (nSPS) is 10.6. The van der Waals surface area contributed by atoms with Crippen LogP contribution in [0.5, 0.6) is 11.5 Å². The number of benzene rings is 1. The molecule has 0 radical (unpaired) electrons. The Labute approximate surface area is 139 Å². The van der Waals surface area contributed by atoms with Crippen LogP contribution in [-0.2, 0) is 6.42 Å².